The number of rotatable bonds is 6. The summed E-state index contributed by atoms with van der Waals surface area (Å²) in [5, 5.41) is 9.19. The van der Waals surface area contributed by atoms with E-state index in [0.717, 1.165) is 0 Å². The fraction of sp³-hybridized carbons (Fsp3) is 0.368. The lowest BCUT2D eigenvalue weighted by molar-refractivity contribution is 0.0593. The molecule has 0 aliphatic rings. The van der Waals surface area contributed by atoms with Gasteiger partial charge in [-0.2, -0.15) is 9.57 Å². The number of ether oxygens (including phenoxy) is 1. The molecular weight excluding hydrogens is 380 g/mol. The molecule has 1 heterocycles. The fourth-order valence-corrected chi connectivity index (χ4v) is 5.00. The summed E-state index contributed by atoms with van der Waals surface area (Å²) >= 11 is 0. The van der Waals surface area contributed by atoms with Crippen LogP contribution in [-0.4, -0.2) is 42.5 Å². The van der Waals surface area contributed by atoms with Crippen molar-refractivity contribution in [1.29, 1.82) is 5.26 Å². The highest BCUT2D eigenvalue weighted by Gasteiger charge is 2.29. The van der Waals surface area contributed by atoms with Crippen molar-refractivity contribution in [3.05, 3.63) is 41.7 Å². The van der Waals surface area contributed by atoms with Crippen molar-refractivity contribution in [2.45, 2.75) is 44.7 Å². The Labute approximate surface area is 165 Å². The van der Waals surface area contributed by atoms with E-state index < -0.39 is 16.0 Å². The van der Waals surface area contributed by atoms with Gasteiger partial charge < -0.3 is 15.0 Å². The molecule has 0 saturated heterocycles. The van der Waals surface area contributed by atoms with Gasteiger partial charge >= 0.3 is 5.97 Å². The number of hydrogen-bond acceptors (Lipinski definition) is 6. The van der Waals surface area contributed by atoms with Crippen molar-refractivity contribution in [2.24, 2.45) is 0 Å². The van der Waals surface area contributed by atoms with Gasteiger partial charge in [0.05, 0.1) is 23.3 Å². The van der Waals surface area contributed by atoms with Crippen LogP contribution in [0.4, 0.5) is 5.69 Å². The van der Waals surface area contributed by atoms with Gasteiger partial charge in [0.25, 0.3) is 0 Å². The van der Waals surface area contributed by atoms with E-state index in [4.69, 9.17) is 10.5 Å². The minimum atomic E-state index is -3.68. The molecule has 2 N–H and O–H groups in total. The molecule has 2 aromatic rings. The number of sulfonamides is 1. The second kappa shape index (κ2) is 8.04. The van der Waals surface area contributed by atoms with Crippen molar-refractivity contribution in [3.63, 3.8) is 0 Å². The normalized spacial score (nSPS) is 11.8. The molecule has 2 rings (SSSR count). The second-order valence-corrected chi connectivity index (χ2v) is 8.64. The number of esters is 1. The number of nitriles is 1. The van der Waals surface area contributed by atoms with Crippen molar-refractivity contribution in [1.82, 2.24) is 8.87 Å². The van der Waals surface area contributed by atoms with E-state index in [-0.39, 0.29) is 33.9 Å². The number of aromatic nitrogens is 1. The lowest BCUT2D eigenvalue weighted by Crippen LogP contribution is -2.41. The van der Waals surface area contributed by atoms with E-state index in [1.165, 1.54) is 34.3 Å². The van der Waals surface area contributed by atoms with E-state index >= 15 is 0 Å². The smallest absolute Gasteiger partial charge is 0.357 e. The SMILES string of the molecule is COC(=O)c1c(N)c(C#N)cn1-c1ccc(S(=O)(=O)N(C(C)C)C(C)C)cc1. The monoisotopic (exact) mass is 404 g/mol. The van der Waals surface area contributed by atoms with Crippen LogP contribution >= 0.6 is 0 Å². The molecule has 150 valence electrons. The molecule has 9 heteroatoms. The average molecular weight is 404 g/mol. The number of carbonyl (C=O) groups is 1. The van der Waals surface area contributed by atoms with Crippen LogP contribution in [0.3, 0.4) is 0 Å². The lowest BCUT2D eigenvalue weighted by Gasteiger charge is -2.29. The summed E-state index contributed by atoms with van der Waals surface area (Å²) in [6.45, 7) is 7.28. The van der Waals surface area contributed by atoms with Crippen molar-refractivity contribution in [2.75, 3.05) is 12.8 Å². The first-order valence-corrected chi connectivity index (χ1v) is 10.1. The van der Waals surface area contributed by atoms with E-state index in [2.05, 4.69) is 0 Å². The van der Waals surface area contributed by atoms with Gasteiger partial charge in [0.15, 0.2) is 5.69 Å². The van der Waals surface area contributed by atoms with Crippen LogP contribution in [0, 0.1) is 11.3 Å². The molecule has 28 heavy (non-hydrogen) atoms. The summed E-state index contributed by atoms with van der Waals surface area (Å²) in [5.74, 6) is -0.693. The summed E-state index contributed by atoms with van der Waals surface area (Å²) in [7, 11) is -2.47. The Morgan fingerprint density at radius 2 is 1.71 bits per heavy atom. The summed E-state index contributed by atoms with van der Waals surface area (Å²) in [5.41, 5.74) is 6.52. The van der Waals surface area contributed by atoms with E-state index in [1.807, 2.05) is 33.8 Å². The number of nitrogen functional groups attached to an aromatic ring is 1. The van der Waals surface area contributed by atoms with Crippen LogP contribution in [0.15, 0.2) is 35.4 Å². The molecule has 0 fully saturated rings. The topological polar surface area (TPSA) is 118 Å². The molecule has 0 aliphatic heterocycles. The number of carbonyl (C=O) groups excluding carboxylic acids is 1. The molecule has 1 aromatic heterocycles. The zero-order chi connectivity index (χ0) is 21.2. The molecule has 0 atom stereocenters. The molecule has 1 aromatic carbocycles. The minimum absolute atomic E-state index is 0.0110. The quantitative estimate of drug-likeness (QED) is 0.739. The highest BCUT2D eigenvalue weighted by atomic mass is 32.2. The Hall–Kier alpha value is -2.83. The maximum atomic E-state index is 13.0. The number of hydrogen-bond donors (Lipinski definition) is 1. The Bertz CT molecular complexity index is 1010. The Kier molecular flexibility index (Phi) is 6.17. The van der Waals surface area contributed by atoms with Crippen molar-refractivity contribution in [3.8, 4) is 11.8 Å². The number of methoxy groups -OCH3 is 1. The molecule has 0 radical (unpaired) electrons. The van der Waals surface area contributed by atoms with Gasteiger partial charge in [-0.1, -0.05) is 0 Å². The van der Waals surface area contributed by atoms with Crippen LogP contribution in [0.2, 0.25) is 0 Å². The zero-order valence-electron chi connectivity index (χ0n) is 16.5. The maximum Gasteiger partial charge on any atom is 0.357 e. The third-order valence-electron chi connectivity index (χ3n) is 4.25. The highest BCUT2D eigenvalue weighted by molar-refractivity contribution is 7.89. The van der Waals surface area contributed by atoms with Crippen LogP contribution < -0.4 is 5.73 Å². The third-order valence-corrected chi connectivity index (χ3v) is 6.52. The summed E-state index contributed by atoms with van der Waals surface area (Å²) < 4.78 is 33.5. The Morgan fingerprint density at radius 1 is 1.18 bits per heavy atom. The van der Waals surface area contributed by atoms with Gasteiger partial charge in [-0.25, -0.2) is 13.2 Å². The largest absolute Gasteiger partial charge is 0.464 e. The van der Waals surface area contributed by atoms with Crippen molar-refractivity contribution >= 4 is 21.7 Å². The molecular formula is C19H24N4O4S. The molecule has 0 saturated carbocycles. The van der Waals surface area contributed by atoms with Gasteiger partial charge in [-0.05, 0) is 52.0 Å². The first-order chi connectivity index (χ1) is 13.1. The van der Waals surface area contributed by atoms with Crippen molar-refractivity contribution < 1.29 is 17.9 Å². The highest BCUT2D eigenvalue weighted by Crippen LogP contribution is 2.27. The molecule has 0 bridgehead atoms. The third kappa shape index (κ3) is 3.74. The predicted molar refractivity (Wildman–Crippen MR) is 106 cm³/mol. The maximum absolute atomic E-state index is 13.0. The average Bonchev–Trinajstić information content (AvgIpc) is 2.96. The molecule has 0 aliphatic carbocycles. The van der Waals surface area contributed by atoms with Crippen LogP contribution in [0.1, 0.15) is 43.7 Å². The van der Waals surface area contributed by atoms with E-state index in [0.29, 0.717) is 5.69 Å². The Balaban J connectivity index is 2.55. The number of nitrogens with two attached hydrogens (primary N) is 1. The zero-order valence-corrected chi connectivity index (χ0v) is 17.3. The first kappa shape index (κ1) is 21.5. The van der Waals surface area contributed by atoms with Crippen LogP contribution in [0.25, 0.3) is 5.69 Å². The van der Waals surface area contributed by atoms with Gasteiger partial charge in [-0.15, -0.1) is 0 Å². The van der Waals surface area contributed by atoms with Gasteiger partial charge in [0.2, 0.25) is 10.0 Å². The molecule has 0 unspecified atom stereocenters. The summed E-state index contributed by atoms with van der Waals surface area (Å²) in [4.78, 5) is 12.2. The van der Waals surface area contributed by atoms with Gasteiger partial charge in [0.1, 0.15) is 6.07 Å². The molecule has 0 amide bonds. The van der Waals surface area contributed by atoms with Gasteiger partial charge in [0, 0.05) is 24.0 Å². The predicted octanol–water partition coefficient (Wildman–Crippen LogP) is 2.53. The number of benzene rings is 1. The van der Waals surface area contributed by atoms with Crippen LogP contribution in [0.5, 0.6) is 0 Å². The van der Waals surface area contributed by atoms with E-state index in [1.54, 1.807) is 12.1 Å². The first-order valence-electron chi connectivity index (χ1n) is 8.69. The minimum Gasteiger partial charge on any atom is -0.464 e. The summed E-state index contributed by atoms with van der Waals surface area (Å²) in [6.07, 6.45) is 1.42. The molecule has 0 spiro atoms. The number of anilines is 1. The Morgan fingerprint density at radius 3 is 2.14 bits per heavy atom. The fourth-order valence-electron chi connectivity index (χ4n) is 3.17. The second-order valence-electron chi connectivity index (χ2n) is 6.79. The van der Waals surface area contributed by atoms with E-state index in [9.17, 15) is 18.5 Å². The van der Waals surface area contributed by atoms with Gasteiger partial charge in [-0.3, -0.25) is 0 Å². The lowest BCUT2D eigenvalue weighted by atomic mass is 10.2. The standard InChI is InChI=1S/C19H24N4O4S/c1-12(2)23(13(3)4)28(25,26)16-8-6-15(7-9-16)22-11-14(10-20)17(21)18(22)19(24)27-5/h6-9,11-13H,21H2,1-5H3. The summed E-state index contributed by atoms with van der Waals surface area (Å²) in [6, 6.07) is 7.57. The van der Waals surface area contributed by atoms with Crippen LogP contribution in [-0.2, 0) is 14.8 Å². The number of nitrogens with zero attached hydrogens (tertiary/aromatic N) is 3. The molecule has 8 nitrogen and oxygen atoms in total.